The summed E-state index contributed by atoms with van der Waals surface area (Å²) in [6, 6.07) is 11.5. The summed E-state index contributed by atoms with van der Waals surface area (Å²) in [6.45, 7) is -3.39. The largest absolute Gasteiger partial charge is 0.435 e. The summed E-state index contributed by atoms with van der Waals surface area (Å²) in [6.07, 6.45) is 1.17. The third-order valence-corrected chi connectivity index (χ3v) is 7.51. The van der Waals surface area contributed by atoms with Crippen molar-refractivity contribution in [3.63, 3.8) is 0 Å². The first kappa shape index (κ1) is 31.3. The molecular formula is C29H30ClF4N3O5. The van der Waals surface area contributed by atoms with E-state index in [1.807, 2.05) is 0 Å². The second-order valence-corrected chi connectivity index (χ2v) is 10.8. The molecule has 1 amide bonds. The zero-order valence-corrected chi connectivity index (χ0v) is 23.7. The van der Waals surface area contributed by atoms with Gasteiger partial charge in [0.05, 0.1) is 36.1 Å². The Balaban J connectivity index is 1.77. The molecule has 1 aromatic heterocycles. The minimum absolute atomic E-state index is 0.0915. The summed E-state index contributed by atoms with van der Waals surface area (Å²) in [5, 5.41) is 20.4. The summed E-state index contributed by atoms with van der Waals surface area (Å²) >= 11 is 6.54. The van der Waals surface area contributed by atoms with E-state index in [1.165, 1.54) is 44.1 Å². The van der Waals surface area contributed by atoms with Crippen LogP contribution in [0.15, 0.2) is 54.7 Å². The standard InChI is InChI=1S/C29H30ClF4N3O5/c1-29(2,16-8-19(41-27(31)32)11-20(9-16)42-28(33)34)26(40)36(3)24-13-35-25(37-14-18(39)10-17(37)15-38)12-22(24)21-6-4-5-7-23(21)30/h4-9,11-13,17-18,27-28,38-39H,10,14-15H2,1-3H3. The van der Waals surface area contributed by atoms with Crippen LogP contribution in [0.2, 0.25) is 5.02 Å². The van der Waals surface area contributed by atoms with Crippen LogP contribution in [0.1, 0.15) is 25.8 Å². The van der Waals surface area contributed by atoms with E-state index >= 15 is 0 Å². The van der Waals surface area contributed by atoms with Gasteiger partial charge in [0, 0.05) is 35.8 Å². The van der Waals surface area contributed by atoms with E-state index in [4.69, 9.17) is 11.6 Å². The van der Waals surface area contributed by atoms with Gasteiger partial charge in [0.15, 0.2) is 0 Å². The molecule has 8 nitrogen and oxygen atoms in total. The van der Waals surface area contributed by atoms with Gasteiger partial charge in [-0.25, -0.2) is 4.98 Å². The monoisotopic (exact) mass is 611 g/mol. The highest BCUT2D eigenvalue weighted by Gasteiger charge is 2.36. The fraction of sp³-hybridized carbons (Fsp3) is 0.379. The second kappa shape index (κ2) is 12.7. The minimum atomic E-state index is -3.23. The quantitative estimate of drug-likeness (QED) is 0.293. The van der Waals surface area contributed by atoms with E-state index in [2.05, 4.69) is 14.5 Å². The number of pyridine rings is 1. The topological polar surface area (TPSA) is 95.4 Å². The van der Waals surface area contributed by atoms with Gasteiger partial charge in [-0.1, -0.05) is 29.8 Å². The highest BCUT2D eigenvalue weighted by molar-refractivity contribution is 6.33. The number of rotatable bonds is 10. The Hall–Kier alpha value is -3.61. The van der Waals surface area contributed by atoms with Crippen molar-refractivity contribution < 1.29 is 42.0 Å². The molecule has 0 spiro atoms. The molecular weight excluding hydrogens is 582 g/mol. The lowest BCUT2D eigenvalue weighted by molar-refractivity contribution is -0.122. The van der Waals surface area contributed by atoms with Gasteiger partial charge in [0.2, 0.25) is 5.91 Å². The molecule has 2 unspecified atom stereocenters. The molecule has 42 heavy (non-hydrogen) atoms. The van der Waals surface area contributed by atoms with Crippen molar-refractivity contribution in [3.05, 3.63) is 65.3 Å². The summed E-state index contributed by atoms with van der Waals surface area (Å²) < 4.78 is 60.7. The first-order chi connectivity index (χ1) is 19.8. The lowest BCUT2D eigenvalue weighted by atomic mass is 9.82. The Labute approximate surface area is 245 Å². The van der Waals surface area contributed by atoms with Gasteiger partial charge >= 0.3 is 13.2 Å². The number of carbonyl (C=O) groups excluding carboxylic acids is 1. The van der Waals surface area contributed by atoms with Crippen LogP contribution < -0.4 is 19.3 Å². The van der Waals surface area contributed by atoms with Crippen LogP contribution in [0.5, 0.6) is 11.5 Å². The lowest BCUT2D eigenvalue weighted by Gasteiger charge is -2.32. The molecule has 226 valence electrons. The molecule has 0 aliphatic carbocycles. The van der Waals surface area contributed by atoms with Crippen LogP contribution in [0.4, 0.5) is 29.1 Å². The lowest BCUT2D eigenvalue weighted by Crippen LogP contribution is -2.42. The molecule has 0 bridgehead atoms. The summed E-state index contributed by atoms with van der Waals surface area (Å²) in [4.78, 5) is 21.6. The fourth-order valence-electron chi connectivity index (χ4n) is 5.03. The van der Waals surface area contributed by atoms with Gasteiger partial charge in [-0.05, 0) is 50.1 Å². The van der Waals surface area contributed by atoms with E-state index in [-0.39, 0.29) is 24.8 Å². The molecule has 13 heteroatoms. The number of aliphatic hydroxyl groups excluding tert-OH is 2. The number of benzene rings is 2. The van der Waals surface area contributed by atoms with E-state index in [9.17, 15) is 32.6 Å². The third kappa shape index (κ3) is 6.71. The first-order valence-electron chi connectivity index (χ1n) is 13.0. The Morgan fingerprint density at radius 1 is 1.10 bits per heavy atom. The van der Waals surface area contributed by atoms with Crippen LogP contribution in [0, 0.1) is 0 Å². The van der Waals surface area contributed by atoms with Gasteiger partial charge in [0.1, 0.15) is 17.3 Å². The number of alkyl halides is 4. The first-order valence-corrected chi connectivity index (χ1v) is 13.3. The van der Waals surface area contributed by atoms with Crippen molar-refractivity contribution in [1.82, 2.24) is 4.98 Å². The second-order valence-electron chi connectivity index (χ2n) is 10.4. The molecule has 0 saturated carbocycles. The SMILES string of the molecule is CN(C(=O)C(C)(C)c1cc(OC(F)F)cc(OC(F)F)c1)c1cnc(N2CC(O)CC2CO)cc1-c1ccccc1Cl. The van der Waals surface area contributed by atoms with Crippen molar-refractivity contribution in [2.45, 2.75) is 51.1 Å². The number of hydrogen-bond donors (Lipinski definition) is 2. The van der Waals surface area contributed by atoms with Crippen LogP contribution in [-0.2, 0) is 10.2 Å². The van der Waals surface area contributed by atoms with E-state index in [0.29, 0.717) is 34.1 Å². The summed E-state index contributed by atoms with van der Waals surface area (Å²) in [7, 11) is 1.49. The Morgan fingerprint density at radius 2 is 1.71 bits per heavy atom. The number of nitrogens with zero attached hydrogens (tertiary/aromatic N) is 3. The Bertz CT molecular complexity index is 1400. The van der Waals surface area contributed by atoms with Crippen LogP contribution in [-0.4, -0.2) is 66.7 Å². The number of hydrogen-bond acceptors (Lipinski definition) is 7. The predicted molar refractivity (Wildman–Crippen MR) is 150 cm³/mol. The van der Waals surface area contributed by atoms with Crippen LogP contribution in [0.3, 0.4) is 0 Å². The molecule has 0 radical (unpaired) electrons. The van der Waals surface area contributed by atoms with E-state index < -0.39 is 42.1 Å². The maximum Gasteiger partial charge on any atom is 0.387 e. The van der Waals surface area contributed by atoms with Crippen molar-refractivity contribution in [1.29, 1.82) is 0 Å². The molecule has 4 rings (SSSR count). The van der Waals surface area contributed by atoms with Gasteiger partial charge in [-0.3, -0.25) is 4.79 Å². The number of ether oxygens (including phenoxy) is 2. The number of aromatic nitrogens is 1. The average molecular weight is 612 g/mol. The average Bonchev–Trinajstić information content (AvgIpc) is 3.32. The zero-order chi connectivity index (χ0) is 30.8. The molecule has 2 N–H and O–H groups in total. The number of aliphatic hydroxyl groups is 2. The zero-order valence-electron chi connectivity index (χ0n) is 23.0. The van der Waals surface area contributed by atoms with E-state index in [0.717, 1.165) is 6.07 Å². The number of amides is 1. The highest BCUT2D eigenvalue weighted by Crippen LogP contribution is 2.40. The molecule has 2 aromatic carbocycles. The van der Waals surface area contributed by atoms with Crippen LogP contribution >= 0.6 is 11.6 Å². The molecule has 1 saturated heterocycles. The summed E-state index contributed by atoms with van der Waals surface area (Å²) in [5.41, 5.74) is 0.0824. The normalized spacial score (nSPS) is 17.2. The molecule has 2 heterocycles. The van der Waals surface area contributed by atoms with Gasteiger partial charge < -0.3 is 29.5 Å². The molecule has 1 aliphatic rings. The Morgan fingerprint density at radius 3 is 2.29 bits per heavy atom. The maximum atomic E-state index is 14.0. The molecule has 1 aliphatic heterocycles. The van der Waals surface area contributed by atoms with Gasteiger partial charge in [0.25, 0.3) is 0 Å². The van der Waals surface area contributed by atoms with Crippen molar-refractivity contribution in [2.24, 2.45) is 0 Å². The van der Waals surface area contributed by atoms with Crippen LogP contribution in [0.25, 0.3) is 11.1 Å². The highest BCUT2D eigenvalue weighted by atomic mass is 35.5. The van der Waals surface area contributed by atoms with Gasteiger partial charge in [-0.15, -0.1) is 0 Å². The number of likely N-dealkylation sites (N-methyl/N-ethyl adjacent to an activating group) is 1. The smallest absolute Gasteiger partial charge is 0.387 e. The van der Waals surface area contributed by atoms with Crippen molar-refractivity contribution in [2.75, 3.05) is 30.0 Å². The molecule has 2 atom stereocenters. The Kier molecular flexibility index (Phi) is 9.49. The fourth-order valence-corrected chi connectivity index (χ4v) is 5.27. The van der Waals surface area contributed by atoms with Crippen molar-refractivity contribution >= 4 is 29.0 Å². The maximum absolute atomic E-state index is 14.0. The third-order valence-electron chi connectivity index (χ3n) is 7.18. The van der Waals surface area contributed by atoms with Gasteiger partial charge in [-0.2, -0.15) is 17.6 Å². The molecule has 1 fully saturated rings. The minimum Gasteiger partial charge on any atom is -0.435 e. The number of β-amino-alcohol motifs (C(OH)–C–C–N with tert-alkyl or cyclic N) is 1. The number of halogens is 5. The number of anilines is 2. The number of carbonyl (C=O) groups is 1. The van der Waals surface area contributed by atoms with Crippen molar-refractivity contribution in [3.8, 4) is 22.6 Å². The molecule has 3 aromatic rings. The predicted octanol–water partition coefficient (Wildman–Crippen LogP) is 5.48. The van der Waals surface area contributed by atoms with E-state index in [1.54, 1.807) is 35.2 Å². The summed E-state index contributed by atoms with van der Waals surface area (Å²) in [5.74, 6) is -0.978.